The van der Waals surface area contributed by atoms with Crippen LogP contribution in [0.15, 0.2) is 24.3 Å². The first-order chi connectivity index (χ1) is 9.88. The first-order valence-electron chi connectivity index (χ1n) is 6.43. The quantitative estimate of drug-likeness (QED) is 0.793. The maximum atomic E-state index is 12.3. The maximum absolute atomic E-state index is 12.3. The number of rotatable bonds is 3. The molecule has 8 heteroatoms. The molecule has 0 saturated carbocycles. The number of hydrogen-bond donors (Lipinski definition) is 2. The smallest absolute Gasteiger partial charge is 0.262 e. The molecule has 1 heterocycles. The van der Waals surface area contributed by atoms with Crippen LogP contribution in [0.4, 0.5) is 0 Å². The van der Waals surface area contributed by atoms with Crippen molar-refractivity contribution in [3.63, 3.8) is 0 Å². The number of hydrogen-bond acceptors (Lipinski definition) is 2. The highest BCUT2D eigenvalue weighted by molar-refractivity contribution is 6.68. The fraction of sp³-hybridized carbons (Fsp3) is 0.462. The number of morpholine rings is 1. The highest BCUT2D eigenvalue weighted by Gasteiger charge is 2.42. The Kier molecular flexibility index (Phi) is 6.00. The van der Waals surface area contributed by atoms with Crippen molar-refractivity contribution < 1.29 is 14.4 Å². The van der Waals surface area contributed by atoms with Crippen LogP contribution in [0.1, 0.15) is 10.4 Å². The van der Waals surface area contributed by atoms with Crippen molar-refractivity contribution >= 4 is 52.3 Å². The highest BCUT2D eigenvalue weighted by Crippen LogP contribution is 2.28. The summed E-state index contributed by atoms with van der Waals surface area (Å²) in [7, 11) is 0. The number of halogens is 4. The number of quaternary nitrogens is 1. The van der Waals surface area contributed by atoms with Crippen molar-refractivity contribution in [2.75, 3.05) is 26.3 Å². The summed E-state index contributed by atoms with van der Waals surface area (Å²) in [6, 6.07) is 6.62. The van der Waals surface area contributed by atoms with E-state index in [9.17, 15) is 4.79 Å². The fourth-order valence-corrected chi connectivity index (χ4v) is 3.00. The van der Waals surface area contributed by atoms with Crippen LogP contribution in [0.25, 0.3) is 0 Å². The van der Waals surface area contributed by atoms with E-state index in [-0.39, 0.29) is 5.91 Å². The molecule has 21 heavy (non-hydrogen) atoms. The van der Waals surface area contributed by atoms with Crippen LogP contribution >= 0.6 is 46.4 Å². The zero-order chi connectivity index (χ0) is 15.5. The van der Waals surface area contributed by atoms with Crippen molar-refractivity contribution in [1.29, 1.82) is 0 Å². The third-order valence-corrected chi connectivity index (χ3v) is 4.12. The minimum Gasteiger partial charge on any atom is -0.370 e. The van der Waals surface area contributed by atoms with Crippen LogP contribution < -0.4 is 10.2 Å². The van der Waals surface area contributed by atoms with Gasteiger partial charge in [0.2, 0.25) is 6.17 Å². The number of carbonyl (C=O) groups excluding carboxylic acids is 1. The zero-order valence-electron chi connectivity index (χ0n) is 11.0. The minimum absolute atomic E-state index is 0.326. The van der Waals surface area contributed by atoms with Gasteiger partial charge in [-0.1, -0.05) is 52.5 Å². The molecule has 0 aromatic heterocycles. The van der Waals surface area contributed by atoms with E-state index in [4.69, 9.17) is 51.1 Å². The molecule has 2 rings (SSSR count). The Morgan fingerprint density at radius 1 is 1.29 bits per heavy atom. The van der Waals surface area contributed by atoms with E-state index in [1.54, 1.807) is 24.3 Å². The van der Waals surface area contributed by atoms with Crippen LogP contribution in [0.5, 0.6) is 0 Å². The van der Waals surface area contributed by atoms with Gasteiger partial charge in [0.25, 0.3) is 9.70 Å². The van der Waals surface area contributed by atoms with Gasteiger partial charge in [-0.3, -0.25) is 10.1 Å². The summed E-state index contributed by atoms with van der Waals surface area (Å²) in [5, 5.41) is 3.26. The molecular weight excluding hydrogens is 358 g/mol. The van der Waals surface area contributed by atoms with Crippen molar-refractivity contribution in [3.05, 3.63) is 34.9 Å². The summed E-state index contributed by atoms with van der Waals surface area (Å²) in [5.41, 5.74) is 0.425. The van der Waals surface area contributed by atoms with Gasteiger partial charge >= 0.3 is 0 Å². The molecule has 0 bridgehead atoms. The molecule has 4 nitrogen and oxygen atoms in total. The third kappa shape index (κ3) is 4.88. The van der Waals surface area contributed by atoms with Gasteiger partial charge in [-0.2, -0.15) is 0 Å². The lowest BCUT2D eigenvalue weighted by Crippen LogP contribution is -3.21. The molecule has 1 aliphatic rings. The van der Waals surface area contributed by atoms with Gasteiger partial charge < -0.3 is 9.64 Å². The Morgan fingerprint density at radius 2 is 1.95 bits per heavy atom. The number of ether oxygens (including phenoxy) is 1. The van der Waals surface area contributed by atoms with E-state index in [0.717, 1.165) is 4.90 Å². The van der Waals surface area contributed by atoms with Crippen molar-refractivity contribution in [3.8, 4) is 0 Å². The first kappa shape index (κ1) is 17.1. The van der Waals surface area contributed by atoms with E-state index in [2.05, 4.69) is 5.32 Å². The summed E-state index contributed by atoms with van der Waals surface area (Å²) >= 11 is 24.0. The molecule has 1 fully saturated rings. The largest absolute Gasteiger partial charge is 0.370 e. The molecule has 1 amide bonds. The van der Waals surface area contributed by atoms with Crippen LogP contribution in [-0.4, -0.2) is 42.2 Å². The normalized spacial score (nSPS) is 18.3. The van der Waals surface area contributed by atoms with Gasteiger partial charge in [0.1, 0.15) is 13.1 Å². The number of amides is 1. The predicted octanol–water partition coefficient (Wildman–Crippen LogP) is 1.68. The third-order valence-electron chi connectivity index (χ3n) is 3.23. The van der Waals surface area contributed by atoms with Gasteiger partial charge in [-0.05, 0) is 18.2 Å². The lowest BCUT2D eigenvalue weighted by atomic mass is 10.2. The van der Waals surface area contributed by atoms with E-state index < -0.39 is 9.96 Å². The minimum atomic E-state index is -1.61. The number of benzene rings is 1. The summed E-state index contributed by atoms with van der Waals surface area (Å²) in [6.45, 7) is 2.46. The lowest BCUT2D eigenvalue weighted by Gasteiger charge is -2.35. The maximum Gasteiger partial charge on any atom is 0.262 e. The Hall–Kier alpha value is -0.230. The summed E-state index contributed by atoms with van der Waals surface area (Å²) in [4.78, 5) is 13.3. The molecule has 1 aliphatic heterocycles. The molecule has 0 spiro atoms. The summed E-state index contributed by atoms with van der Waals surface area (Å²) in [5.74, 6) is -0.326. The molecule has 2 N–H and O–H groups in total. The van der Waals surface area contributed by atoms with Gasteiger partial charge in [0.15, 0.2) is 0 Å². The van der Waals surface area contributed by atoms with Gasteiger partial charge in [0.05, 0.1) is 13.2 Å². The highest BCUT2D eigenvalue weighted by atomic mass is 35.6. The van der Waals surface area contributed by atoms with Gasteiger partial charge in [0, 0.05) is 10.6 Å². The Balaban J connectivity index is 2.13. The van der Waals surface area contributed by atoms with E-state index in [0.29, 0.717) is 36.9 Å². The number of nitrogens with one attached hydrogen (secondary N) is 2. The average Bonchev–Trinajstić information content (AvgIpc) is 2.44. The Morgan fingerprint density at radius 3 is 2.52 bits per heavy atom. The zero-order valence-corrected chi connectivity index (χ0v) is 14.1. The molecule has 1 atom stereocenters. The van der Waals surface area contributed by atoms with E-state index in [1.807, 2.05) is 0 Å². The molecular formula is C13H15Cl4N2O2+. The predicted molar refractivity (Wildman–Crippen MR) is 84.5 cm³/mol. The van der Waals surface area contributed by atoms with Crippen molar-refractivity contribution in [2.45, 2.75) is 9.96 Å². The molecule has 1 aromatic rings. The second-order valence-corrected chi connectivity index (χ2v) is 7.53. The second kappa shape index (κ2) is 7.36. The van der Waals surface area contributed by atoms with Gasteiger partial charge in [-0.15, -0.1) is 0 Å². The molecule has 0 aliphatic carbocycles. The van der Waals surface area contributed by atoms with E-state index >= 15 is 0 Å². The molecule has 1 aromatic carbocycles. The van der Waals surface area contributed by atoms with Gasteiger partial charge in [-0.25, -0.2) is 0 Å². The van der Waals surface area contributed by atoms with Crippen LogP contribution in [-0.2, 0) is 4.74 Å². The lowest BCUT2D eigenvalue weighted by molar-refractivity contribution is -0.934. The monoisotopic (exact) mass is 371 g/mol. The Labute approximate surface area is 143 Å². The summed E-state index contributed by atoms with van der Waals surface area (Å²) < 4.78 is 3.68. The SMILES string of the molecule is O=C(N[C@H]([NH+]1CCOCC1)C(Cl)(Cl)Cl)c1cccc(Cl)c1. The number of carbonyl (C=O) groups is 1. The number of alkyl halides is 3. The van der Waals surface area contributed by atoms with Crippen LogP contribution in [0.3, 0.4) is 0 Å². The topological polar surface area (TPSA) is 42.8 Å². The van der Waals surface area contributed by atoms with Crippen LogP contribution in [0.2, 0.25) is 5.02 Å². The van der Waals surface area contributed by atoms with Crippen molar-refractivity contribution in [1.82, 2.24) is 5.32 Å². The van der Waals surface area contributed by atoms with Crippen LogP contribution in [0, 0.1) is 0 Å². The second-order valence-electron chi connectivity index (χ2n) is 4.73. The molecule has 0 unspecified atom stereocenters. The first-order valence-corrected chi connectivity index (χ1v) is 7.94. The fourth-order valence-electron chi connectivity index (χ4n) is 2.18. The summed E-state index contributed by atoms with van der Waals surface area (Å²) in [6.07, 6.45) is -0.655. The van der Waals surface area contributed by atoms with Crippen molar-refractivity contribution in [2.24, 2.45) is 0 Å². The average molecular weight is 373 g/mol. The Bertz CT molecular complexity index is 501. The molecule has 1 saturated heterocycles. The van der Waals surface area contributed by atoms with E-state index in [1.165, 1.54) is 0 Å². The molecule has 116 valence electrons. The standard InChI is InChI=1S/C13H14Cl4N2O2/c14-10-3-1-2-9(8-10)11(20)18-12(13(15,16)17)19-4-6-21-7-5-19/h1-3,8,12H,4-7H2,(H,18,20)/p+1/t12-/m1/s1. The molecule has 0 radical (unpaired) electrons.